The molecule has 148 valence electrons. The first kappa shape index (κ1) is 20.0. The third kappa shape index (κ3) is 5.17. The number of fused-ring (bicyclic) bond motifs is 1. The van der Waals surface area contributed by atoms with Crippen LogP contribution in [-0.4, -0.2) is 39.8 Å². The number of rotatable bonds is 5. The predicted octanol–water partition coefficient (Wildman–Crippen LogP) is 3.26. The van der Waals surface area contributed by atoms with Gasteiger partial charge in [0.15, 0.2) is 6.10 Å². The zero-order valence-corrected chi connectivity index (χ0v) is 17.0. The number of amides is 1. The molecule has 0 bridgehead atoms. The van der Waals surface area contributed by atoms with E-state index in [0.29, 0.717) is 23.0 Å². The molecule has 0 saturated heterocycles. The Balaban J connectivity index is 1.68. The highest BCUT2D eigenvalue weighted by atomic mass is 35.5. The smallest absolute Gasteiger partial charge is 0.261 e. The lowest BCUT2D eigenvalue weighted by atomic mass is 9.97. The van der Waals surface area contributed by atoms with Crippen LogP contribution in [0.5, 0.6) is 5.75 Å². The van der Waals surface area contributed by atoms with E-state index < -0.39 is 16.1 Å². The van der Waals surface area contributed by atoms with E-state index in [1.54, 1.807) is 18.2 Å². The zero-order valence-electron chi connectivity index (χ0n) is 15.4. The van der Waals surface area contributed by atoms with Crippen LogP contribution in [0, 0.1) is 0 Å². The van der Waals surface area contributed by atoms with Gasteiger partial charge in [0.25, 0.3) is 5.91 Å². The van der Waals surface area contributed by atoms with Crippen LogP contribution in [0.2, 0.25) is 5.02 Å². The molecule has 0 radical (unpaired) electrons. The molecule has 0 spiro atoms. The topological polar surface area (TPSA) is 75.7 Å². The summed E-state index contributed by atoms with van der Waals surface area (Å²) in [5.41, 5.74) is 1.76. The van der Waals surface area contributed by atoms with Crippen LogP contribution in [0.3, 0.4) is 0 Å². The summed E-state index contributed by atoms with van der Waals surface area (Å²) in [6, 6.07) is 4.78. The molecule has 1 N–H and O–H groups in total. The van der Waals surface area contributed by atoms with Crippen LogP contribution in [0.4, 0.5) is 5.69 Å². The van der Waals surface area contributed by atoms with Gasteiger partial charge in [-0.15, -0.1) is 0 Å². The Bertz CT molecular complexity index is 838. The molecular weight excluding hydrogens is 388 g/mol. The first-order valence-corrected chi connectivity index (χ1v) is 11.5. The minimum atomic E-state index is -3.50. The van der Waals surface area contributed by atoms with Crippen LogP contribution < -0.4 is 14.4 Å². The van der Waals surface area contributed by atoms with Crippen LogP contribution in [0.25, 0.3) is 0 Å². The van der Waals surface area contributed by atoms with Gasteiger partial charge in [0.2, 0.25) is 10.0 Å². The van der Waals surface area contributed by atoms with E-state index in [4.69, 9.17) is 16.3 Å². The van der Waals surface area contributed by atoms with E-state index in [1.165, 1.54) is 22.7 Å². The molecule has 3 rings (SSSR count). The van der Waals surface area contributed by atoms with Gasteiger partial charge in [0, 0.05) is 24.5 Å². The van der Waals surface area contributed by atoms with Crippen LogP contribution in [0.1, 0.15) is 38.5 Å². The lowest BCUT2D eigenvalue weighted by Crippen LogP contribution is -2.40. The number of sulfonamides is 1. The third-order valence-corrected chi connectivity index (χ3v) is 6.29. The number of carbonyl (C=O) groups excluding carboxylic acids is 1. The summed E-state index contributed by atoms with van der Waals surface area (Å²) < 4.78 is 31.4. The summed E-state index contributed by atoms with van der Waals surface area (Å²) in [7, 11) is -3.50. The van der Waals surface area contributed by atoms with E-state index in [-0.39, 0.29) is 18.9 Å². The van der Waals surface area contributed by atoms with Gasteiger partial charge in [-0.1, -0.05) is 23.3 Å². The van der Waals surface area contributed by atoms with E-state index in [0.717, 1.165) is 25.5 Å². The largest absolute Gasteiger partial charge is 0.478 e. The molecular formula is C19H25ClN2O4S. The van der Waals surface area contributed by atoms with Crippen molar-refractivity contribution in [3.63, 3.8) is 0 Å². The number of halogens is 1. The third-order valence-electron chi connectivity index (χ3n) is 4.88. The van der Waals surface area contributed by atoms with Gasteiger partial charge in [0.05, 0.1) is 11.9 Å². The molecule has 1 amide bonds. The number of ether oxygens (including phenoxy) is 1. The molecule has 6 nitrogen and oxygen atoms in total. The number of anilines is 1. The molecule has 1 aromatic rings. The van der Waals surface area contributed by atoms with Crippen molar-refractivity contribution in [2.45, 2.75) is 44.6 Å². The molecule has 1 unspecified atom stereocenters. The summed E-state index contributed by atoms with van der Waals surface area (Å²) in [6.07, 6.45) is 8.46. The molecule has 1 heterocycles. The SMILES string of the molecule is CS(=O)(=O)N1CCC(C(=O)NCCC2=CCCCC2)Oc2ccc(Cl)cc21. The lowest BCUT2D eigenvalue weighted by Gasteiger charge is -2.21. The fourth-order valence-corrected chi connectivity index (χ4v) is 4.58. The molecule has 0 fully saturated rings. The first-order chi connectivity index (χ1) is 12.8. The van der Waals surface area contributed by atoms with E-state index in [9.17, 15) is 13.2 Å². The summed E-state index contributed by atoms with van der Waals surface area (Å²) in [6.45, 7) is 0.725. The molecule has 2 aliphatic rings. The minimum absolute atomic E-state index is 0.162. The number of hydrogen-bond acceptors (Lipinski definition) is 4. The van der Waals surface area contributed by atoms with Crippen molar-refractivity contribution < 1.29 is 17.9 Å². The lowest BCUT2D eigenvalue weighted by molar-refractivity contribution is -0.128. The van der Waals surface area contributed by atoms with Crippen molar-refractivity contribution >= 4 is 33.2 Å². The monoisotopic (exact) mass is 412 g/mol. The highest BCUT2D eigenvalue weighted by Gasteiger charge is 2.31. The van der Waals surface area contributed by atoms with Crippen molar-refractivity contribution in [1.82, 2.24) is 5.32 Å². The predicted molar refractivity (Wildman–Crippen MR) is 107 cm³/mol. The van der Waals surface area contributed by atoms with Crippen LogP contribution >= 0.6 is 11.6 Å². The van der Waals surface area contributed by atoms with Gasteiger partial charge in [-0.05, 0) is 50.3 Å². The summed E-state index contributed by atoms with van der Waals surface area (Å²) in [5, 5.41) is 3.34. The van der Waals surface area contributed by atoms with Gasteiger partial charge < -0.3 is 10.1 Å². The van der Waals surface area contributed by atoms with Gasteiger partial charge in [0.1, 0.15) is 5.75 Å². The Labute approximate surface area is 165 Å². The van der Waals surface area contributed by atoms with E-state index in [2.05, 4.69) is 11.4 Å². The minimum Gasteiger partial charge on any atom is -0.478 e. The maximum Gasteiger partial charge on any atom is 0.261 e. The Morgan fingerprint density at radius 2 is 2.19 bits per heavy atom. The quantitative estimate of drug-likeness (QED) is 0.753. The molecule has 0 saturated carbocycles. The van der Waals surface area contributed by atoms with Crippen LogP contribution in [-0.2, 0) is 14.8 Å². The normalized spacial score (nSPS) is 20.1. The molecule has 27 heavy (non-hydrogen) atoms. The standard InChI is InChI=1S/C19H25ClN2O4S/c1-27(24,25)22-12-10-18(26-17-8-7-15(20)13-16(17)22)19(23)21-11-9-14-5-3-2-4-6-14/h5,7-8,13,18H,2-4,6,9-12H2,1H3,(H,21,23). The second-order valence-corrected chi connectivity index (χ2v) is 9.33. The van der Waals surface area contributed by atoms with Crippen molar-refractivity contribution in [1.29, 1.82) is 0 Å². The molecule has 0 aromatic heterocycles. The van der Waals surface area contributed by atoms with Gasteiger partial charge >= 0.3 is 0 Å². The number of nitrogens with zero attached hydrogens (tertiary/aromatic N) is 1. The maximum atomic E-state index is 12.6. The Morgan fingerprint density at radius 3 is 2.89 bits per heavy atom. The van der Waals surface area contributed by atoms with E-state index in [1.807, 2.05) is 0 Å². The first-order valence-electron chi connectivity index (χ1n) is 9.24. The van der Waals surface area contributed by atoms with E-state index >= 15 is 0 Å². The Kier molecular flexibility index (Phi) is 6.32. The number of allylic oxidation sites excluding steroid dienone is 1. The van der Waals surface area contributed by atoms with Gasteiger partial charge in [-0.25, -0.2) is 8.42 Å². The zero-order chi connectivity index (χ0) is 19.4. The molecule has 1 aliphatic heterocycles. The van der Waals surface area contributed by atoms with Gasteiger partial charge in [-0.3, -0.25) is 9.10 Å². The Morgan fingerprint density at radius 1 is 1.37 bits per heavy atom. The highest BCUT2D eigenvalue weighted by Crippen LogP contribution is 2.36. The maximum absolute atomic E-state index is 12.6. The van der Waals surface area contributed by atoms with Crippen molar-refractivity contribution in [3.05, 3.63) is 34.9 Å². The van der Waals surface area contributed by atoms with Crippen molar-refractivity contribution in [2.24, 2.45) is 0 Å². The second-order valence-electron chi connectivity index (χ2n) is 6.99. The number of nitrogens with one attached hydrogen (secondary N) is 1. The second kappa shape index (κ2) is 8.52. The van der Waals surface area contributed by atoms with Gasteiger partial charge in [-0.2, -0.15) is 0 Å². The highest BCUT2D eigenvalue weighted by molar-refractivity contribution is 7.92. The van der Waals surface area contributed by atoms with Crippen molar-refractivity contribution in [3.8, 4) is 5.75 Å². The number of carbonyl (C=O) groups is 1. The number of hydrogen-bond donors (Lipinski definition) is 1. The summed E-state index contributed by atoms with van der Waals surface area (Å²) in [4.78, 5) is 12.6. The Hall–Kier alpha value is -1.73. The fraction of sp³-hybridized carbons (Fsp3) is 0.526. The number of benzene rings is 1. The fourth-order valence-electron chi connectivity index (χ4n) is 3.47. The van der Waals surface area contributed by atoms with Crippen molar-refractivity contribution in [2.75, 3.05) is 23.7 Å². The summed E-state index contributed by atoms with van der Waals surface area (Å²) >= 11 is 6.02. The van der Waals surface area contributed by atoms with Crippen LogP contribution in [0.15, 0.2) is 29.8 Å². The molecule has 1 aliphatic carbocycles. The average molecular weight is 413 g/mol. The summed E-state index contributed by atoms with van der Waals surface area (Å²) in [5.74, 6) is 0.125. The average Bonchev–Trinajstić information content (AvgIpc) is 2.81. The molecule has 1 aromatic carbocycles. The molecule has 8 heteroatoms. The molecule has 1 atom stereocenters.